The van der Waals surface area contributed by atoms with Crippen LogP contribution in [-0.4, -0.2) is 52.9 Å². The van der Waals surface area contributed by atoms with Crippen molar-refractivity contribution in [2.75, 3.05) is 51.8 Å². The lowest BCUT2D eigenvalue weighted by Gasteiger charge is -2.20. The van der Waals surface area contributed by atoms with Gasteiger partial charge in [0, 0.05) is 38.4 Å². The summed E-state index contributed by atoms with van der Waals surface area (Å²) in [5, 5.41) is 6.74. The summed E-state index contributed by atoms with van der Waals surface area (Å²) in [6.07, 6.45) is 1.17. The summed E-state index contributed by atoms with van der Waals surface area (Å²) in [4.78, 5) is 6.72. The van der Waals surface area contributed by atoms with E-state index in [1.54, 1.807) is 14.2 Å². The van der Waals surface area contributed by atoms with Crippen LogP contribution in [0, 0.1) is 5.92 Å². The van der Waals surface area contributed by atoms with Crippen LogP contribution >= 0.6 is 24.0 Å². The fraction of sp³-hybridized carbons (Fsp3) is 0.409. The van der Waals surface area contributed by atoms with E-state index >= 15 is 0 Å². The molecule has 0 aliphatic carbocycles. The fourth-order valence-corrected chi connectivity index (χ4v) is 3.36. The van der Waals surface area contributed by atoms with Crippen molar-refractivity contribution in [2.45, 2.75) is 6.42 Å². The fourth-order valence-electron chi connectivity index (χ4n) is 3.36. The smallest absolute Gasteiger partial charge is 0.191 e. The Kier molecular flexibility index (Phi) is 9.90. The zero-order valence-corrected chi connectivity index (χ0v) is 19.5. The van der Waals surface area contributed by atoms with Crippen molar-refractivity contribution < 1.29 is 9.47 Å². The van der Waals surface area contributed by atoms with Gasteiger partial charge in [-0.1, -0.05) is 24.3 Å². The molecule has 1 aliphatic heterocycles. The molecule has 3 rings (SSSR count). The molecule has 2 aromatic carbocycles. The number of hydrogen-bond acceptors (Lipinski definition) is 4. The Labute approximate surface area is 190 Å². The van der Waals surface area contributed by atoms with Gasteiger partial charge in [0.15, 0.2) is 5.96 Å². The Bertz CT molecular complexity index is 757. The average Bonchev–Trinajstić information content (AvgIpc) is 3.23. The molecule has 0 saturated carbocycles. The van der Waals surface area contributed by atoms with Gasteiger partial charge >= 0.3 is 0 Å². The van der Waals surface area contributed by atoms with Crippen molar-refractivity contribution in [2.24, 2.45) is 10.9 Å². The Morgan fingerprint density at radius 1 is 1.10 bits per heavy atom. The van der Waals surface area contributed by atoms with Gasteiger partial charge < -0.3 is 25.0 Å². The van der Waals surface area contributed by atoms with Gasteiger partial charge in [0.05, 0.1) is 13.7 Å². The van der Waals surface area contributed by atoms with Crippen LogP contribution in [0.1, 0.15) is 6.42 Å². The first kappa shape index (κ1) is 23.1. The SMILES string of the molecule is CN=C(NCCOc1ccccc1)NCC1CCN(c2cccc(OC)c2)C1.I. The second-order valence-electron chi connectivity index (χ2n) is 6.84. The molecule has 1 saturated heterocycles. The zero-order chi connectivity index (χ0) is 19.6. The predicted octanol–water partition coefficient (Wildman–Crippen LogP) is 3.38. The van der Waals surface area contributed by atoms with E-state index in [1.807, 2.05) is 42.5 Å². The van der Waals surface area contributed by atoms with Gasteiger partial charge in [0.25, 0.3) is 0 Å². The van der Waals surface area contributed by atoms with E-state index in [9.17, 15) is 0 Å². The van der Waals surface area contributed by atoms with Crippen molar-refractivity contribution in [3.05, 3.63) is 54.6 Å². The third-order valence-electron chi connectivity index (χ3n) is 4.89. The van der Waals surface area contributed by atoms with Gasteiger partial charge in [-0.2, -0.15) is 0 Å². The molecule has 6 nitrogen and oxygen atoms in total. The molecule has 1 unspecified atom stereocenters. The van der Waals surface area contributed by atoms with Crippen LogP contribution in [0.5, 0.6) is 11.5 Å². The van der Waals surface area contributed by atoms with E-state index < -0.39 is 0 Å². The summed E-state index contributed by atoms with van der Waals surface area (Å²) in [5.41, 5.74) is 1.22. The molecule has 7 heteroatoms. The van der Waals surface area contributed by atoms with Crippen molar-refractivity contribution in [1.29, 1.82) is 0 Å². The van der Waals surface area contributed by atoms with Crippen LogP contribution in [0.4, 0.5) is 5.69 Å². The second kappa shape index (κ2) is 12.4. The molecule has 2 aromatic rings. The minimum atomic E-state index is 0. The van der Waals surface area contributed by atoms with E-state index in [0.717, 1.165) is 37.1 Å². The molecule has 29 heavy (non-hydrogen) atoms. The molecule has 0 bridgehead atoms. The summed E-state index contributed by atoms with van der Waals surface area (Å²) >= 11 is 0. The standard InChI is InChI=1S/C22H30N4O2.HI/c1-23-22(24-12-14-28-20-8-4-3-5-9-20)25-16-18-11-13-26(17-18)19-7-6-10-21(15-19)27-2;/h3-10,15,18H,11-14,16-17H2,1-2H3,(H2,23,24,25);1H. The quantitative estimate of drug-likeness (QED) is 0.247. The summed E-state index contributed by atoms with van der Waals surface area (Å²) in [5.74, 6) is 3.19. The number of anilines is 1. The summed E-state index contributed by atoms with van der Waals surface area (Å²) in [7, 11) is 3.50. The Balaban J connectivity index is 0.00000300. The van der Waals surface area contributed by atoms with Crippen LogP contribution in [0.3, 0.4) is 0 Å². The highest BCUT2D eigenvalue weighted by Gasteiger charge is 2.23. The van der Waals surface area contributed by atoms with E-state index in [0.29, 0.717) is 19.1 Å². The number of rotatable bonds is 8. The summed E-state index contributed by atoms with van der Waals surface area (Å²) in [6.45, 7) is 4.30. The summed E-state index contributed by atoms with van der Waals surface area (Å²) < 4.78 is 11.0. The van der Waals surface area contributed by atoms with Crippen LogP contribution in [0.25, 0.3) is 0 Å². The van der Waals surface area contributed by atoms with Gasteiger partial charge in [0.1, 0.15) is 18.1 Å². The molecule has 0 radical (unpaired) electrons. The zero-order valence-electron chi connectivity index (χ0n) is 17.1. The summed E-state index contributed by atoms with van der Waals surface area (Å²) in [6, 6.07) is 18.1. The molecular formula is C22H31IN4O2. The van der Waals surface area contributed by atoms with Gasteiger partial charge in [-0.15, -0.1) is 24.0 Å². The molecule has 0 spiro atoms. The number of halogens is 1. The first-order valence-corrected chi connectivity index (χ1v) is 9.80. The van der Waals surface area contributed by atoms with Crippen molar-refractivity contribution in [3.63, 3.8) is 0 Å². The van der Waals surface area contributed by atoms with Crippen molar-refractivity contribution in [1.82, 2.24) is 10.6 Å². The first-order chi connectivity index (χ1) is 13.8. The minimum absolute atomic E-state index is 0. The largest absolute Gasteiger partial charge is 0.497 e. The molecule has 158 valence electrons. The Morgan fingerprint density at radius 3 is 2.66 bits per heavy atom. The number of aliphatic imine (C=N–C) groups is 1. The molecule has 1 aliphatic rings. The maximum atomic E-state index is 5.70. The van der Waals surface area contributed by atoms with E-state index in [1.165, 1.54) is 12.1 Å². The number of benzene rings is 2. The van der Waals surface area contributed by atoms with Gasteiger partial charge in [-0.05, 0) is 36.6 Å². The second-order valence-corrected chi connectivity index (χ2v) is 6.84. The molecular weight excluding hydrogens is 479 g/mol. The van der Waals surface area contributed by atoms with Crippen LogP contribution in [-0.2, 0) is 0 Å². The highest BCUT2D eigenvalue weighted by atomic mass is 127. The monoisotopic (exact) mass is 510 g/mol. The van der Waals surface area contributed by atoms with E-state index in [-0.39, 0.29) is 24.0 Å². The van der Waals surface area contributed by atoms with Crippen LogP contribution in [0.2, 0.25) is 0 Å². The van der Waals surface area contributed by atoms with Gasteiger partial charge in [-0.3, -0.25) is 4.99 Å². The molecule has 1 atom stereocenters. The maximum Gasteiger partial charge on any atom is 0.191 e. The molecule has 2 N–H and O–H groups in total. The highest BCUT2D eigenvalue weighted by Crippen LogP contribution is 2.26. The molecule has 1 heterocycles. The lowest BCUT2D eigenvalue weighted by atomic mass is 10.1. The van der Waals surface area contributed by atoms with Gasteiger partial charge in [-0.25, -0.2) is 0 Å². The Morgan fingerprint density at radius 2 is 1.90 bits per heavy atom. The normalized spacial score (nSPS) is 16.1. The van der Waals surface area contributed by atoms with Crippen LogP contribution < -0.4 is 25.0 Å². The molecule has 0 aromatic heterocycles. The number of hydrogen-bond donors (Lipinski definition) is 2. The lowest BCUT2D eigenvalue weighted by molar-refractivity contribution is 0.322. The molecule has 1 fully saturated rings. The minimum Gasteiger partial charge on any atom is -0.497 e. The van der Waals surface area contributed by atoms with E-state index in [2.05, 4.69) is 32.7 Å². The number of ether oxygens (including phenoxy) is 2. The lowest BCUT2D eigenvalue weighted by Crippen LogP contribution is -2.41. The molecule has 0 amide bonds. The predicted molar refractivity (Wildman–Crippen MR) is 130 cm³/mol. The third kappa shape index (κ3) is 7.30. The van der Waals surface area contributed by atoms with Crippen molar-refractivity contribution in [3.8, 4) is 11.5 Å². The number of nitrogens with one attached hydrogen (secondary N) is 2. The van der Waals surface area contributed by atoms with Gasteiger partial charge in [0.2, 0.25) is 0 Å². The van der Waals surface area contributed by atoms with Crippen LogP contribution in [0.15, 0.2) is 59.6 Å². The van der Waals surface area contributed by atoms with E-state index in [4.69, 9.17) is 9.47 Å². The third-order valence-corrected chi connectivity index (χ3v) is 4.89. The highest BCUT2D eigenvalue weighted by molar-refractivity contribution is 14.0. The number of nitrogens with zero attached hydrogens (tertiary/aromatic N) is 2. The maximum absolute atomic E-state index is 5.70. The number of guanidine groups is 1. The number of para-hydroxylation sites is 1. The number of methoxy groups -OCH3 is 1. The average molecular weight is 510 g/mol. The topological polar surface area (TPSA) is 58.1 Å². The Hall–Kier alpha value is -2.16. The first-order valence-electron chi connectivity index (χ1n) is 9.80. The van der Waals surface area contributed by atoms with Crippen molar-refractivity contribution >= 4 is 35.6 Å².